The third-order valence-electron chi connectivity index (χ3n) is 10.8. The van der Waals surface area contributed by atoms with Crippen molar-refractivity contribution >= 4 is 12.1 Å². The smallest absolute Gasteiger partial charge is 0.404 e. The average Bonchev–Trinajstić information content (AvgIpc) is 3.14. The number of nitrogens with two attached hydrogens (primary N) is 1. The van der Waals surface area contributed by atoms with E-state index in [1.807, 2.05) is 0 Å². The van der Waals surface area contributed by atoms with Crippen LogP contribution in [0.4, 0.5) is 4.79 Å². The molecule has 4 rings (SSSR count). The molecule has 0 aliphatic heterocycles. The number of primary amides is 1. The Morgan fingerprint density at radius 1 is 1.09 bits per heavy atom. The second-order valence-electron chi connectivity index (χ2n) is 13.1. The van der Waals surface area contributed by atoms with E-state index in [4.69, 9.17) is 15.2 Å². The molecular formula is C30H49NO4. The van der Waals surface area contributed by atoms with Crippen molar-refractivity contribution in [3.63, 3.8) is 0 Å². The first-order valence-electron chi connectivity index (χ1n) is 14.4. The number of carbonyl (C=O) groups excluding carboxylic acids is 2. The molecule has 4 aliphatic rings. The van der Waals surface area contributed by atoms with E-state index in [1.165, 1.54) is 57.4 Å². The van der Waals surface area contributed by atoms with Crippen molar-refractivity contribution in [3.8, 4) is 0 Å². The number of rotatable bonds is 8. The maximum atomic E-state index is 11.7. The lowest BCUT2D eigenvalue weighted by molar-refractivity contribution is -0.149. The van der Waals surface area contributed by atoms with Crippen molar-refractivity contribution in [1.82, 2.24) is 0 Å². The molecule has 0 bridgehead atoms. The minimum absolute atomic E-state index is 0.0617. The zero-order chi connectivity index (χ0) is 25.4. The van der Waals surface area contributed by atoms with Gasteiger partial charge in [-0.05, 0) is 85.9 Å². The topological polar surface area (TPSA) is 78.6 Å². The van der Waals surface area contributed by atoms with Gasteiger partial charge in [-0.15, -0.1) is 0 Å². The minimum Gasteiger partial charge on any atom is -0.462 e. The van der Waals surface area contributed by atoms with Gasteiger partial charge in [-0.2, -0.15) is 0 Å². The van der Waals surface area contributed by atoms with Crippen LogP contribution in [0.1, 0.15) is 105 Å². The zero-order valence-corrected chi connectivity index (χ0v) is 22.8. The van der Waals surface area contributed by atoms with Crippen LogP contribution in [-0.2, 0) is 14.3 Å². The minimum atomic E-state index is -0.681. The van der Waals surface area contributed by atoms with Crippen molar-refractivity contribution in [1.29, 1.82) is 0 Å². The van der Waals surface area contributed by atoms with E-state index in [2.05, 4.69) is 33.8 Å². The second kappa shape index (κ2) is 10.5. The molecule has 0 spiro atoms. The van der Waals surface area contributed by atoms with Crippen molar-refractivity contribution in [2.24, 2.45) is 52.1 Å². The van der Waals surface area contributed by atoms with Gasteiger partial charge in [-0.1, -0.05) is 58.6 Å². The molecule has 198 valence electrons. The van der Waals surface area contributed by atoms with Crippen LogP contribution in [0.2, 0.25) is 0 Å². The molecule has 0 aromatic rings. The average molecular weight is 488 g/mol. The number of esters is 1. The van der Waals surface area contributed by atoms with Crippen LogP contribution >= 0.6 is 0 Å². The van der Waals surface area contributed by atoms with Crippen molar-refractivity contribution < 1.29 is 19.1 Å². The summed E-state index contributed by atoms with van der Waals surface area (Å²) in [5.74, 6) is 4.11. The highest BCUT2D eigenvalue weighted by molar-refractivity contribution is 5.66. The largest absolute Gasteiger partial charge is 0.462 e. The molecule has 0 saturated heterocycles. The second-order valence-corrected chi connectivity index (χ2v) is 13.1. The number of ether oxygens (including phenoxy) is 2. The molecular weight excluding hydrogens is 438 g/mol. The van der Waals surface area contributed by atoms with Crippen LogP contribution in [0.15, 0.2) is 11.6 Å². The molecule has 5 nitrogen and oxygen atoms in total. The quantitative estimate of drug-likeness (QED) is 0.294. The molecule has 4 aliphatic carbocycles. The number of hydrogen-bond acceptors (Lipinski definition) is 4. The molecule has 2 N–H and O–H groups in total. The lowest BCUT2D eigenvalue weighted by Crippen LogP contribution is -2.54. The van der Waals surface area contributed by atoms with E-state index in [9.17, 15) is 9.59 Å². The summed E-state index contributed by atoms with van der Waals surface area (Å²) in [5.41, 5.74) is 7.08. The predicted octanol–water partition coefficient (Wildman–Crippen LogP) is 7.03. The molecule has 5 heteroatoms. The Kier molecular flexibility index (Phi) is 7.93. The van der Waals surface area contributed by atoms with E-state index in [0.29, 0.717) is 23.9 Å². The van der Waals surface area contributed by atoms with Gasteiger partial charge in [0.15, 0.2) is 0 Å². The van der Waals surface area contributed by atoms with Crippen molar-refractivity contribution in [2.45, 2.75) is 111 Å². The summed E-state index contributed by atoms with van der Waals surface area (Å²) >= 11 is 0. The summed E-state index contributed by atoms with van der Waals surface area (Å²) in [6.45, 7) is 11.7. The fourth-order valence-corrected chi connectivity index (χ4v) is 9.25. The van der Waals surface area contributed by atoms with Gasteiger partial charge < -0.3 is 15.2 Å². The van der Waals surface area contributed by atoms with Crippen LogP contribution in [0, 0.1) is 46.3 Å². The predicted molar refractivity (Wildman–Crippen MR) is 138 cm³/mol. The van der Waals surface area contributed by atoms with E-state index in [-0.39, 0.29) is 17.5 Å². The molecule has 1 unspecified atom stereocenters. The third-order valence-corrected chi connectivity index (χ3v) is 10.8. The van der Waals surface area contributed by atoms with Crippen LogP contribution < -0.4 is 5.73 Å². The van der Waals surface area contributed by atoms with Gasteiger partial charge in [-0.3, -0.25) is 4.79 Å². The molecule has 1 amide bonds. The Morgan fingerprint density at radius 3 is 2.54 bits per heavy atom. The molecule has 0 heterocycles. The maximum Gasteiger partial charge on any atom is 0.404 e. The SMILES string of the molecule is CC(=O)OC1CC[C@@]2(COC(N)=O)C(=CC[C@@H]3[C@@H]2CC[C@]2(C)[C@@H]([C@H](C)CCCC(C)C)CC[C@@H]32)C1. The highest BCUT2D eigenvalue weighted by Gasteiger charge is 2.60. The first-order chi connectivity index (χ1) is 16.6. The van der Waals surface area contributed by atoms with Gasteiger partial charge in [0.1, 0.15) is 12.7 Å². The molecule has 35 heavy (non-hydrogen) atoms. The van der Waals surface area contributed by atoms with Gasteiger partial charge in [0, 0.05) is 18.8 Å². The highest BCUT2D eigenvalue weighted by atomic mass is 16.5. The summed E-state index contributed by atoms with van der Waals surface area (Å²) in [4.78, 5) is 23.3. The number of amides is 1. The molecule has 8 atom stereocenters. The Bertz CT molecular complexity index is 821. The first kappa shape index (κ1) is 26.5. The third kappa shape index (κ3) is 5.16. The summed E-state index contributed by atoms with van der Waals surface area (Å²) in [5, 5.41) is 0. The molecule has 0 aromatic carbocycles. The summed E-state index contributed by atoms with van der Waals surface area (Å²) < 4.78 is 11.2. The fourth-order valence-electron chi connectivity index (χ4n) is 9.25. The monoisotopic (exact) mass is 487 g/mol. The normalized spacial score (nSPS) is 39.1. The lowest BCUT2D eigenvalue weighted by Gasteiger charge is -2.59. The van der Waals surface area contributed by atoms with Gasteiger partial charge in [-0.25, -0.2) is 4.79 Å². The Labute approximate surface area is 212 Å². The summed E-state index contributed by atoms with van der Waals surface area (Å²) in [6, 6.07) is 0. The van der Waals surface area contributed by atoms with Gasteiger partial charge in [0.2, 0.25) is 0 Å². The Morgan fingerprint density at radius 2 is 1.86 bits per heavy atom. The van der Waals surface area contributed by atoms with E-state index >= 15 is 0 Å². The molecule has 0 radical (unpaired) electrons. The van der Waals surface area contributed by atoms with E-state index < -0.39 is 6.09 Å². The number of carbonyl (C=O) groups is 2. The van der Waals surface area contributed by atoms with Crippen LogP contribution in [0.25, 0.3) is 0 Å². The lowest BCUT2D eigenvalue weighted by atomic mass is 9.46. The molecule has 3 fully saturated rings. The van der Waals surface area contributed by atoms with Crippen LogP contribution in [0.3, 0.4) is 0 Å². The Hall–Kier alpha value is -1.52. The first-order valence-corrected chi connectivity index (χ1v) is 14.4. The van der Waals surface area contributed by atoms with Gasteiger partial charge in [0.25, 0.3) is 0 Å². The highest BCUT2D eigenvalue weighted by Crippen LogP contribution is 2.67. The number of allylic oxidation sites excluding steroid dienone is 1. The van der Waals surface area contributed by atoms with Crippen LogP contribution in [-0.4, -0.2) is 24.8 Å². The molecule has 0 aromatic heterocycles. The summed E-state index contributed by atoms with van der Waals surface area (Å²) in [6.07, 6.45) is 14.5. The van der Waals surface area contributed by atoms with Crippen LogP contribution in [0.5, 0.6) is 0 Å². The van der Waals surface area contributed by atoms with E-state index in [0.717, 1.165) is 49.4 Å². The standard InChI is InChI=1S/C30H49NO4/c1-19(2)7-6-8-20(3)25-11-12-26-24-10-9-22-17-23(35-21(4)32)13-16-30(22,18-34-28(31)33)27(24)14-15-29(25,26)5/h9,19-20,23-27H,6-8,10-18H2,1-5H3,(H2,31,33)/t20-,23?,24+,25-,26+,27+,29-,30-/m1/s1. The van der Waals surface area contributed by atoms with Gasteiger partial charge in [0.05, 0.1) is 0 Å². The maximum absolute atomic E-state index is 11.7. The number of fused-ring (bicyclic) bond motifs is 5. The van der Waals surface area contributed by atoms with Crippen molar-refractivity contribution in [2.75, 3.05) is 6.61 Å². The summed E-state index contributed by atoms with van der Waals surface area (Å²) in [7, 11) is 0. The zero-order valence-electron chi connectivity index (χ0n) is 22.8. The van der Waals surface area contributed by atoms with Gasteiger partial charge >= 0.3 is 12.1 Å². The fraction of sp³-hybridized carbons (Fsp3) is 0.867. The van der Waals surface area contributed by atoms with E-state index in [1.54, 1.807) is 0 Å². The Balaban J connectivity index is 1.54. The number of hydrogen-bond donors (Lipinski definition) is 1. The molecule has 3 saturated carbocycles. The van der Waals surface area contributed by atoms with Crippen molar-refractivity contribution in [3.05, 3.63) is 11.6 Å².